The number of pyridine rings is 1. The summed E-state index contributed by atoms with van der Waals surface area (Å²) in [5.74, 6) is -1.93. The van der Waals surface area contributed by atoms with Crippen LogP contribution in [0.4, 0.5) is 4.39 Å². The third-order valence-corrected chi connectivity index (χ3v) is 2.79. The van der Waals surface area contributed by atoms with E-state index in [1.54, 1.807) is 19.1 Å². The Hall–Kier alpha value is -2.50. The Kier molecular flexibility index (Phi) is 3.93. The highest BCUT2D eigenvalue weighted by Gasteiger charge is 2.14. The Morgan fingerprint density at radius 2 is 2.15 bits per heavy atom. The van der Waals surface area contributed by atoms with Crippen molar-refractivity contribution in [1.29, 1.82) is 0 Å². The van der Waals surface area contributed by atoms with Crippen LogP contribution in [-0.2, 0) is 4.79 Å². The fourth-order valence-corrected chi connectivity index (χ4v) is 1.91. The molecule has 1 amide bonds. The molecule has 1 heterocycles. The van der Waals surface area contributed by atoms with Crippen molar-refractivity contribution in [3.05, 3.63) is 41.3 Å². The number of carbonyl (C=O) groups excluding carboxylic acids is 1. The lowest BCUT2D eigenvalue weighted by molar-refractivity contribution is -0.136. The van der Waals surface area contributed by atoms with Gasteiger partial charge in [-0.25, -0.2) is 9.37 Å². The number of carbonyl (C=O) groups is 2. The number of nitrogens with one attached hydrogen (secondary N) is 1. The zero-order chi connectivity index (χ0) is 14.7. The molecule has 20 heavy (non-hydrogen) atoms. The fourth-order valence-electron chi connectivity index (χ4n) is 1.91. The smallest absolute Gasteiger partial charge is 0.305 e. The number of carboxylic acid groups (broad SMARTS) is 1. The second-order valence-electron chi connectivity index (χ2n) is 4.35. The van der Waals surface area contributed by atoms with Gasteiger partial charge in [0, 0.05) is 17.6 Å². The van der Waals surface area contributed by atoms with Crippen LogP contribution in [0.1, 0.15) is 22.5 Å². The second kappa shape index (κ2) is 5.64. The molecule has 1 aromatic heterocycles. The molecule has 0 radical (unpaired) electrons. The molecule has 6 heteroatoms. The minimum absolute atomic E-state index is 0.0202. The van der Waals surface area contributed by atoms with E-state index in [1.165, 1.54) is 12.1 Å². The van der Waals surface area contributed by atoms with Crippen LogP contribution in [0.2, 0.25) is 0 Å². The van der Waals surface area contributed by atoms with Crippen molar-refractivity contribution < 1.29 is 19.1 Å². The number of benzene rings is 1. The van der Waals surface area contributed by atoms with Crippen LogP contribution in [0.15, 0.2) is 24.3 Å². The first kappa shape index (κ1) is 13.9. The van der Waals surface area contributed by atoms with Crippen molar-refractivity contribution in [3.63, 3.8) is 0 Å². The molecular weight excluding hydrogens is 263 g/mol. The maximum absolute atomic E-state index is 13.7. The first-order chi connectivity index (χ1) is 9.49. The average Bonchev–Trinajstić information content (AvgIpc) is 2.38. The highest BCUT2D eigenvalue weighted by molar-refractivity contribution is 6.06. The molecule has 0 fully saturated rings. The molecule has 5 nitrogen and oxygen atoms in total. The first-order valence-electron chi connectivity index (χ1n) is 6.05. The maximum atomic E-state index is 13.7. The van der Waals surface area contributed by atoms with Gasteiger partial charge in [0.2, 0.25) is 0 Å². The number of hydrogen-bond donors (Lipinski definition) is 2. The summed E-state index contributed by atoms with van der Waals surface area (Å²) in [6.07, 6.45) is -0.165. The van der Waals surface area contributed by atoms with Gasteiger partial charge in [-0.15, -0.1) is 0 Å². The van der Waals surface area contributed by atoms with Crippen molar-refractivity contribution in [2.75, 3.05) is 6.54 Å². The number of carboxylic acids is 1. The number of halogens is 1. The number of para-hydroxylation sites is 1. The Labute approximate surface area is 114 Å². The summed E-state index contributed by atoms with van der Waals surface area (Å²) in [6.45, 7) is 1.69. The molecule has 2 N–H and O–H groups in total. The molecule has 0 aliphatic rings. The van der Waals surface area contributed by atoms with Crippen LogP contribution in [0.25, 0.3) is 10.9 Å². The summed E-state index contributed by atoms with van der Waals surface area (Å²) in [6, 6.07) is 5.94. The topological polar surface area (TPSA) is 79.3 Å². The minimum Gasteiger partial charge on any atom is -0.481 e. The number of hydrogen-bond acceptors (Lipinski definition) is 3. The molecule has 2 rings (SSSR count). The van der Waals surface area contributed by atoms with E-state index in [2.05, 4.69) is 10.3 Å². The van der Waals surface area contributed by atoms with E-state index in [-0.39, 0.29) is 24.0 Å². The largest absolute Gasteiger partial charge is 0.481 e. The van der Waals surface area contributed by atoms with Crippen LogP contribution < -0.4 is 5.32 Å². The third kappa shape index (κ3) is 2.90. The minimum atomic E-state index is -0.993. The van der Waals surface area contributed by atoms with Crippen LogP contribution >= 0.6 is 0 Å². The number of aliphatic carboxylic acids is 1. The molecule has 1 aromatic carbocycles. The molecule has 2 aromatic rings. The van der Waals surface area contributed by atoms with E-state index in [0.29, 0.717) is 11.1 Å². The van der Waals surface area contributed by atoms with Gasteiger partial charge in [-0.3, -0.25) is 9.59 Å². The lowest BCUT2D eigenvalue weighted by Crippen LogP contribution is -2.26. The lowest BCUT2D eigenvalue weighted by atomic mass is 10.1. The number of nitrogens with zero attached hydrogens (tertiary/aromatic N) is 1. The van der Waals surface area contributed by atoms with Crippen LogP contribution in [0.5, 0.6) is 0 Å². The fraction of sp³-hybridized carbons (Fsp3) is 0.214. The lowest BCUT2D eigenvalue weighted by Gasteiger charge is -2.08. The Morgan fingerprint density at radius 3 is 2.85 bits per heavy atom. The average molecular weight is 276 g/mol. The van der Waals surface area contributed by atoms with Gasteiger partial charge in [0.1, 0.15) is 11.3 Å². The standard InChI is InChI=1S/C14H13FN2O3/c1-8-7-10(14(20)16-6-5-12(18)19)9-3-2-4-11(15)13(9)17-8/h2-4,7H,5-6H2,1H3,(H,16,20)(H,18,19). The number of fused-ring (bicyclic) bond motifs is 1. The van der Waals surface area contributed by atoms with Crippen molar-refractivity contribution in [3.8, 4) is 0 Å². The van der Waals surface area contributed by atoms with Crippen molar-refractivity contribution in [2.24, 2.45) is 0 Å². The highest BCUT2D eigenvalue weighted by Crippen LogP contribution is 2.20. The number of aromatic nitrogens is 1. The molecule has 0 saturated heterocycles. The van der Waals surface area contributed by atoms with Gasteiger partial charge in [0.05, 0.1) is 12.0 Å². The van der Waals surface area contributed by atoms with E-state index in [0.717, 1.165) is 0 Å². The molecule has 0 aliphatic heterocycles. The van der Waals surface area contributed by atoms with E-state index in [1.807, 2.05) is 0 Å². The summed E-state index contributed by atoms with van der Waals surface area (Å²) < 4.78 is 13.7. The monoisotopic (exact) mass is 276 g/mol. The molecule has 0 bridgehead atoms. The van der Waals surface area contributed by atoms with E-state index in [9.17, 15) is 14.0 Å². The number of aryl methyl sites for hydroxylation is 1. The molecular formula is C14H13FN2O3. The third-order valence-electron chi connectivity index (χ3n) is 2.79. The molecule has 0 spiro atoms. The van der Waals surface area contributed by atoms with Crippen molar-refractivity contribution >= 4 is 22.8 Å². The Morgan fingerprint density at radius 1 is 1.40 bits per heavy atom. The van der Waals surface area contributed by atoms with E-state index in [4.69, 9.17) is 5.11 Å². The normalized spacial score (nSPS) is 10.5. The van der Waals surface area contributed by atoms with Gasteiger partial charge in [-0.05, 0) is 19.1 Å². The van der Waals surface area contributed by atoms with Gasteiger partial charge >= 0.3 is 5.97 Å². The summed E-state index contributed by atoms with van der Waals surface area (Å²) >= 11 is 0. The Balaban J connectivity index is 2.36. The maximum Gasteiger partial charge on any atom is 0.305 e. The SMILES string of the molecule is Cc1cc(C(=O)NCCC(=O)O)c2cccc(F)c2n1. The van der Waals surface area contributed by atoms with E-state index >= 15 is 0 Å². The van der Waals surface area contributed by atoms with Crippen LogP contribution in [0.3, 0.4) is 0 Å². The van der Waals surface area contributed by atoms with Gasteiger partial charge in [0.15, 0.2) is 0 Å². The van der Waals surface area contributed by atoms with Crippen molar-refractivity contribution in [2.45, 2.75) is 13.3 Å². The zero-order valence-electron chi connectivity index (χ0n) is 10.8. The van der Waals surface area contributed by atoms with E-state index < -0.39 is 17.7 Å². The first-order valence-corrected chi connectivity index (χ1v) is 6.05. The van der Waals surface area contributed by atoms with Gasteiger partial charge < -0.3 is 10.4 Å². The summed E-state index contributed by atoms with van der Waals surface area (Å²) in [7, 11) is 0. The van der Waals surface area contributed by atoms with Gasteiger partial charge in [0.25, 0.3) is 5.91 Å². The summed E-state index contributed by atoms with van der Waals surface area (Å²) in [4.78, 5) is 26.5. The molecule has 0 atom stereocenters. The van der Waals surface area contributed by atoms with Crippen molar-refractivity contribution in [1.82, 2.24) is 10.3 Å². The molecule has 0 saturated carbocycles. The van der Waals surface area contributed by atoms with Crippen LogP contribution in [0, 0.1) is 12.7 Å². The highest BCUT2D eigenvalue weighted by atomic mass is 19.1. The zero-order valence-corrected chi connectivity index (χ0v) is 10.8. The predicted octanol–water partition coefficient (Wildman–Crippen LogP) is 1.89. The summed E-state index contributed by atoms with van der Waals surface area (Å²) in [5.41, 5.74) is 0.944. The molecule has 0 unspecified atom stereocenters. The number of rotatable bonds is 4. The number of amides is 1. The predicted molar refractivity (Wildman–Crippen MR) is 71.0 cm³/mol. The Bertz CT molecular complexity index is 685. The quantitative estimate of drug-likeness (QED) is 0.893. The van der Waals surface area contributed by atoms with Gasteiger partial charge in [-0.1, -0.05) is 12.1 Å². The second-order valence-corrected chi connectivity index (χ2v) is 4.35. The van der Waals surface area contributed by atoms with Gasteiger partial charge in [-0.2, -0.15) is 0 Å². The molecule has 104 valence electrons. The van der Waals surface area contributed by atoms with Crippen LogP contribution in [-0.4, -0.2) is 28.5 Å². The summed E-state index contributed by atoms with van der Waals surface area (Å²) in [5, 5.41) is 11.4. The molecule has 0 aliphatic carbocycles.